The van der Waals surface area contributed by atoms with Crippen LogP contribution in [0.2, 0.25) is 0 Å². The maximum Gasteiger partial charge on any atom is 0.116 e. The molecule has 1 aromatic carbocycles. The summed E-state index contributed by atoms with van der Waals surface area (Å²) in [6.07, 6.45) is 12.9. The van der Waals surface area contributed by atoms with Crippen molar-refractivity contribution in [3.63, 3.8) is 0 Å². The molecule has 1 aromatic rings. The molecule has 98 valence electrons. The summed E-state index contributed by atoms with van der Waals surface area (Å²) in [5.74, 6) is 0.450. The second-order valence-corrected chi connectivity index (χ2v) is 6.87. The molecule has 0 amide bonds. The minimum absolute atomic E-state index is 0.450. The largest absolute Gasteiger partial charge is 0.508 e. The Balaban J connectivity index is 1.94. The van der Waals surface area contributed by atoms with Gasteiger partial charge in [0.05, 0.1) is 0 Å². The number of rotatable bonds is 1. The molecule has 0 atom stereocenters. The molecule has 0 bridgehead atoms. The first-order valence-corrected chi connectivity index (χ1v) is 8.34. The first-order valence-electron chi connectivity index (χ1n) is 7.11. The number of hydrogen-bond donors (Lipinski definition) is 1. The van der Waals surface area contributed by atoms with Gasteiger partial charge in [-0.1, -0.05) is 19.3 Å². The topological polar surface area (TPSA) is 20.2 Å². The minimum Gasteiger partial charge on any atom is -0.508 e. The van der Waals surface area contributed by atoms with Crippen LogP contribution >= 0.6 is 11.8 Å². The van der Waals surface area contributed by atoms with Crippen molar-refractivity contribution in [1.82, 2.24) is 0 Å². The van der Waals surface area contributed by atoms with E-state index in [1.807, 2.05) is 12.1 Å². The van der Waals surface area contributed by atoms with E-state index in [0.717, 1.165) is 0 Å². The zero-order valence-corrected chi connectivity index (χ0v) is 12.0. The third-order valence-corrected chi connectivity index (χ3v) is 5.70. The lowest BCUT2D eigenvalue weighted by Crippen LogP contribution is -2.31. The smallest absolute Gasteiger partial charge is 0.116 e. The average Bonchev–Trinajstić information content (AvgIpc) is 2.38. The Morgan fingerprint density at radius 3 is 2.61 bits per heavy atom. The van der Waals surface area contributed by atoms with Gasteiger partial charge in [-0.25, -0.2) is 0 Å². The van der Waals surface area contributed by atoms with E-state index >= 15 is 0 Å². The maximum absolute atomic E-state index is 9.87. The average molecular weight is 262 g/mol. The molecule has 0 aromatic heterocycles. The summed E-state index contributed by atoms with van der Waals surface area (Å²) in [4.78, 5) is 1.29. The van der Waals surface area contributed by atoms with Crippen LogP contribution in [-0.4, -0.2) is 11.4 Å². The van der Waals surface area contributed by atoms with Gasteiger partial charge in [0, 0.05) is 4.90 Å². The molecule has 1 N–H and O–H groups in total. The Labute approximate surface area is 114 Å². The van der Waals surface area contributed by atoms with Gasteiger partial charge in [0.1, 0.15) is 5.75 Å². The van der Waals surface area contributed by atoms with Crippen molar-refractivity contribution < 1.29 is 5.11 Å². The van der Waals surface area contributed by atoms with Crippen LogP contribution in [0.3, 0.4) is 0 Å². The van der Waals surface area contributed by atoms with Gasteiger partial charge < -0.3 is 5.11 Å². The van der Waals surface area contributed by atoms with E-state index in [-0.39, 0.29) is 0 Å². The Kier molecular flexibility index (Phi) is 3.31. The van der Waals surface area contributed by atoms with Gasteiger partial charge in [-0.05, 0) is 67.0 Å². The van der Waals surface area contributed by atoms with Crippen LogP contribution < -0.4 is 0 Å². The summed E-state index contributed by atoms with van der Waals surface area (Å²) >= 11 is 1.77. The monoisotopic (exact) mass is 262 g/mol. The zero-order valence-electron chi connectivity index (χ0n) is 11.2. The van der Waals surface area contributed by atoms with Crippen molar-refractivity contribution in [2.45, 2.75) is 56.3 Å². The molecule has 0 saturated heterocycles. The highest BCUT2D eigenvalue weighted by Crippen LogP contribution is 2.48. The number of benzene rings is 1. The van der Waals surface area contributed by atoms with E-state index < -0.39 is 0 Å². The molecule has 18 heavy (non-hydrogen) atoms. The van der Waals surface area contributed by atoms with Crippen LogP contribution in [0.5, 0.6) is 5.75 Å². The van der Waals surface area contributed by atoms with Crippen LogP contribution in [0, 0.1) is 5.41 Å². The fourth-order valence-corrected chi connectivity index (χ4v) is 4.64. The molecule has 1 spiro atoms. The number of thioether (sulfide) groups is 1. The molecule has 1 saturated carbocycles. The van der Waals surface area contributed by atoms with E-state index in [0.29, 0.717) is 11.2 Å². The van der Waals surface area contributed by atoms with Crippen LogP contribution in [-0.2, 0) is 12.8 Å². The number of phenols is 1. The highest BCUT2D eigenvalue weighted by Gasteiger charge is 2.36. The number of hydrogen-bond acceptors (Lipinski definition) is 2. The summed E-state index contributed by atoms with van der Waals surface area (Å²) < 4.78 is 0. The number of phenolic OH excluding ortho intramolecular Hbond substituents is 1. The normalized spacial score (nSPS) is 21.8. The third kappa shape index (κ3) is 2.16. The van der Waals surface area contributed by atoms with Crippen LogP contribution in [0.1, 0.15) is 49.7 Å². The number of aromatic hydroxyl groups is 1. The first-order chi connectivity index (χ1) is 8.72. The second kappa shape index (κ2) is 4.80. The van der Waals surface area contributed by atoms with Crippen molar-refractivity contribution in [3.8, 4) is 5.75 Å². The summed E-state index contributed by atoms with van der Waals surface area (Å²) in [5.41, 5.74) is 3.50. The van der Waals surface area contributed by atoms with Crippen LogP contribution in [0.15, 0.2) is 17.0 Å². The lowest BCUT2D eigenvalue weighted by atomic mass is 9.64. The first kappa shape index (κ1) is 12.4. The van der Waals surface area contributed by atoms with Gasteiger partial charge in [0.25, 0.3) is 0 Å². The van der Waals surface area contributed by atoms with Gasteiger partial charge in [0.15, 0.2) is 0 Å². The quantitative estimate of drug-likeness (QED) is 0.749. The van der Waals surface area contributed by atoms with E-state index in [4.69, 9.17) is 0 Å². The molecule has 0 radical (unpaired) electrons. The molecule has 2 heteroatoms. The Bertz CT molecular complexity index is 447. The highest BCUT2D eigenvalue weighted by atomic mass is 32.2. The fourth-order valence-electron chi connectivity index (χ4n) is 3.92. The number of fused-ring (bicyclic) bond motifs is 1. The summed E-state index contributed by atoms with van der Waals surface area (Å²) in [6.45, 7) is 0. The van der Waals surface area contributed by atoms with E-state index in [1.54, 1.807) is 11.8 Å². The van der Waals surface area contributed by atoms with E-state index in [9.17, 15) is 5.11 Å². The predicted octanol–water partition coefficient (Wildman–Crippen LogP) is 4.55. The fraction of sp³-hybridized carbons (Fsp3) is 0.625. The molecule has 3 rings (SSSR count). The molecule has 2 aliphatic carbocycles. The summed E-state index contributed by atoms with van der Waals surface area (Å²) in [6, 6.07) is 3.95. The van der Waals surface area contributed by atoms with E-state index in [2.05, 4.69) is 6.26 Å². The molecule has 2 aliphatic rings. The SMILES string of the molecule is CSc1cc(O)cc2c1CCC1(CCCCC1)C2. The van der Waals surface area contributed by atoms with Gasteiger partial charge in [0.2, 0.25) is 0 Å². The lowest BCUT2D eigenvalue weighted by molar-refractivity contribution is 0.161. The van der Waals surface area contributed by atoms with Crippen molar-refractivity contribution in [1.29, 1.82) is 0 Å². The minimum atomic E-state index is 0.450. The second-order valence-electron chi connectivity index (χ2n) is 6.02. The van der Waals surface area contributed by atoms with Crippen LogP contribution in [0.25, 0.3) is 0 Å². The highest BCUT2D eigenvalue weighted by molar-refractivity contribution is 7.98. The Hall–Kier alpha value is -0.630. The maximum atomic E-state index is 9.87. The third-order valence-electron chi connectivity index (χ3n) is 4.89. The molecule has 0 unspecified atom stereocenters. The Morgan fingerprint density at radius 2 is 1.89 bits per heavy atom. The zero-order chi connectivity index (χ0) is 12.6. The molecule has 0 aliphatic heterocycles. The van der Waals surface area contributed by atoms with Gasteiger partial charge >= 0.3 is 0 Å². The predicted molar refractivity (Wildman–Crippen MR) is 77.4 cm³/mol. The summed E-state index contributed by atoms with van der Waals surface area (Å²) in [7, 11) is 0. The van der Waals surface area contributed by atoms with Crippen molar-refractivity contribution in [2.75, 3.05) is 6.26 Å². The molecular weight excluding hydrogens is 240 g/mol. The van der Waals surface area contributed by atoms with Crippen molar-refractivity contribution in [3.05, 3.63) is 23.3 Å². The molecule has 1 nitrogen and oxygen atoms in total. The molecular formula is C16H22OS. The Morgan fingerprint density at radius 1 is 1.11 bits per heavy atom. The van der Waals surface area contributed by atoms with Crippen molar-refractivity contribution in [2.24, 2.45) is 5.41 Å². The molecule has 1 fully saturated rings. The summed E-state index contributed by atoms with van der Waals surface area (Å²) in [5, 5.41) is 9.87. The van der Waals surface area contributed by atoms with Crippen LogP contribution in [0.4, 0.5) is 0 Å². The molecule has 0 heterocycles. The van der Waals surface area contributed by atoms with Crippen molar-refractivity contribution >= 4 is 11.8 Å². The van der Waals surface area contributed by atoms with E-state index in [1.165, 1.54) is 67.4 Å². The van der Waals surface area contributed by atoms with Gasteiger partial charge in [-0.15, -0.1) is 11.8 Å². The standard InChI is InChI=1S/C16H22OS/c1-18-15-10-13(17)9-12-11-16(8-5-14(12)15)6-3-2-4-7-16/h9-10,17H,2-8,11H2,1H3. The lowest BCUT2D eigenvalue weighted by Gasteiger charge is -2.41. The van der Waals surface area contributed by atoms with Gasteiger partial charge in [-0.3, -0.25) is 0 Å². The van der Waals surface area contributed by atoms with Gasteiger partial charge in [-0.2, -0.15) is 0 Å².